The second-order valence-corrected chi connectivity index (χ2v) is 5.07. The van der Waals surface area contributed by atoms with Crippen LogP contribution in [0.25, 0.3) is 11.4 Å². The fraction of sp³-hybridized carbons (Fsp3) is 0.188. The Hall–Kier alpha value is -2.20. The number of hydrogen-bond acceptors (Lipinski definition) is 3. The Balaban J connectivity index is 1.95. The quantitative estimate of drug-likeness (QED) is 0.691. The minimum absolute atomic E-state index is 0.452. The van der Waals surface area contributed by atoms with E-state index in [0.29, 0.717) is 17.4 Å². The Morgan fingerprint density at radius 2 is 1.95 bits per heavy atom. The molecule has 3 aromatic rings. The smallest absolute Gasteiger partial charge is 0.161 e. The minimum Gasteiger partial charge on any atom is -0.335 e. The van der Waals surface area contributed by atoms with Gasteiger partial charge in [0.25, 0.3) is 0 Å². The average molecular weight is 299 g/mol. The maximum Gasteiger partial charge on any atom is 0.161 e. The fourth-order valence-corrected chi connectivity index (χ4v) is 2.43. The molecule has 106 valence electrons. The standard InChI is InChI=1S/C16H15ClN4/c1-2-21-9-8-18-15(21)11-13-10-14(17)20-16(19-13)12-6-4-3-5-7-12/h3-10H,2,11H2,1H3. The van der Waals surface area contributed by atoms with E-state index in [1.807, 2.05) is 36.5 Å². The predicted octanol–water partition coefficient (Wildman–Crippen LogP) is 3.60. The molecule has 0 aliphatic heterocycles. The SMILES string of the molecule is CCn1ccnc1Cc1cc(Cl)nc(-c2ccccc2)n1. The van der Waals surface area contributed by atoms with Crippen molar-refractivity contribution >= 4 is 11.6 Å². The van der Waals surface area contributed by atoms with E-state index < -0.39 is 0 Å². The van der Waals surface area contributed by atoms with Gasteiger partial charge in [-0.25, -0.2) is 15.0 Å². The average Bonchev–Trinajstić information content (AvgIpc) is 2.95. The van der Waals surface area contributed by atoms with Gasteiger partial charge in [0, 0.05) is 30.9 Å². The van der Waals surface area contributed by atoms with Crippen LogP contribution in [-0.2, 0) is 13.0 Å². The Kier molecular flexibility index (Phi) is 3.97. The summed E-state index contributed by atoms with van der Waals surface area (Å²) in [6, 6.07) is 11.6. The van der Waals surface area contributed by atoms with E-state index >= 15 is 0 Å². The van der Waals surface area contributed by atoms with Crippen molar-refractivity contribution in [1.82, 2.24) is 19.5 Å². The molecule has 1 aromatic carbocycles. The molecule has 0 amide bonds. The lowest BCUT2D eigenvalue weighted by molar-refractivity contribution is 0.708. The molecule has 0 spiro atoms. The molecule has 0 saturated heterocycles. The van der Waals surface area contributed by atoms with E-state index in [2.05, 4.69) is 26.4 Å². The third kappa shape index (κ3) is 3.11. The monoisotopic (exact) mass is 298 g/mol. The van der Waals surface area contributed by atoms with Crippen LogP contribution in [0.1, 0.15) is 18.4 Å². The highest BCUT2D eigenvalue weighted by Gasteiger charge is 2.09. The van der Waals surface area contributed by atoms with E-state index in [0.717, 1.165) is 23.6 Å². The first kappa shape index (κ1) is 13.8. The van der Waals surface area contributed by atoms with Crippen molar-refractivity contribution in [2.45, 2.75) is 19.9 Å². The number of rotatable bonds is 4. The predicted molar refractivity (Wildman–Crippen MR) is 83.2 cm³/mol. The molecule has 5 heteroatoms. The summed E-state index contributed by atoms with van der Waals surface area (Å²) in [7, 11) is 0. The lowest BCUT2D eigenvalue weighted by atomic mass is 10.2. The van der Waals surface area contributed by atoms with Crippen LogP contribution in [0.3, 0.4) is 0 Å². The summed E-state index contributed by atoms with van der Waals surface area (Å²) in [5.74, 6) is 1.62. The molecule has 0 unspecified atom stereocenters. The van der Waals surface area contributed by atoms with Crippen LogP contribution in [0.4, 0.5) is 0 Å². The third-order valence-corrected chi connectivity index (χ3v) is 3.46. The first-order valence-corrected chi connectivity index (χ1v) is 7.23. The molecule has 0 aliphatic carbocycles. The topological polar surface area (TPSA) is 43.6 Å². The summed E-state index contributed by atoms with van der Waals surface area (Å²) >= 11 is 6.14. The number of aryl methyl sites for hydroxylation is 1. The normalized spacial score (nSPS) is 10.8. The van der Waals surface area contributed by atoms with Crippen molar-refractivity contribution in [3.63, 3.8) is 0 Å². The van der Waals surface area contributed by atoms with Crippen LogP contribution < -0.4 is 0 Å². The summed E-state index contributed by atoms with van der Waals surface area (Å²) < 4.78 is 2.10. The van der Waals surface area contributed by atoms with Crippen LogP contribution in [0.2, 0.25) is 5.15 Å². The van der Waals surface area contributed by atoms with Crippen molar-refractivity contribution in [2.75, 3.05) is 0 Å². The number of benzene rings is 1. The molecule has 3 rings (SSSR count). The third-order valence-electron chi connectivity index (χ3n) is 3.26. The molecular formula is C16H15ClN4. The van der Waals surface area contributed by atoms with Crippen LogP contribution in [0, 0.1) is 0 Å². The molecule has 0 aliphatic rings. The number of imidazole rings is 1. The van der Waals surface area contributed by atoms with Crippen LogP contribution in [0.15, 0.2) is 48.8 Å². The molecule has 2 heterocycles. The zero-order valence-electron chi connectivity index (χ0n) is 11.7. The highest BCUT2D eigenvalue weighted by Crippen LogP contribution is 2.19. The van der Waals surface area contributed by atoms with Gasteiger partial charge in [0.05, 0.1) is 5.69 Å². The van der Waals surface area contributed by atoms with Crippen molar-refractivity contribution in [1.29, 1.82) is 0 Å². The Bertz CT molecular complexity index is 737. The molecule has 4 nitrogen and oxygen atoms in total. The van der Waals surface area contributed by atoms with Gasteiger partial charge < -0.3 is 4.57 Å². The lowest BCUT2D eigenvalue weighted by Gasteiger charge is -2.07. The van der Waals surface area contributed by atoms with Crippen LogP contribution >= 0.6 is 11.6 Å². The summed E-state index contributed by atoms with van der Waals surface area (Å²) in [4.78, 5) is 13.3. The summed E-state index contributed by atoms with van der Waals surface area (Å²) in [6.07, 6.45) is 4.42. The molecule has 0 N–H and O–H groups in total. The molecule has 0 saturated carbocycles. The Labute approximate surface area is 128 Å². The van der Waals surface area contributed by atoms with Gasteiger partial charge in [0.15, 0.2) is 5.82 Å². The lowest BCUT2D eigenvalue weighted by Crippen LogP contribution is -2.04. The van der Waals surface area contributed by atoms with Crippen molar-refractivity contribution in [2.24, 2.45) is 0 Å². The highest BCUT2D eigenvalue weighted by atomic mass is 35.5. The van der Waals surface area contributed by atoms with Gasteiger partial charge in [-0.3, -0.25) is 0 Å². The summed E-state index contributed by atoms with van der Waals surface area (Å²) in [5, 5.41) is 0.452. The summed E-state index contributed by atoms with van der Waals surface area (Å²) in [5.41, 5.74) is 1.83. The number of hydrogen-bond donors (Lipinski definition) is 0. The molecule has 0 atom stereocenters. The Morgan fingerprint density at radius 1 is 1.14 bits per heavy atom. The van der Waals surface area contributed by atoms with E-state index in [-0.39, 0.29) is 0 Å². The molecule has 0 radical (unpaired) electrons. The summed E-state index contributed by atoms with van der Waals surface area (Å²) in [6.45, 7) is 2.98. The Morgan fingerprint density at radius 3 is 2.71 bits per heavy atom. The number of nitrogens with zero attached hydrogens (tertiary/aromatic N) is 4. The number of aromatic nitrogens is 4. The van der Waals surface area contributed by atoms with Crippen LogP contribution in [-0.4, -0.2) is 19.5 Å². The van der Waals surface area contributed by atoms with Crippen molar-refractivity contribution < 1.29 is 0 Å². The van der Waals surface area contributed by atoms with Gasteiger partial charge in [0.2, 0.25) is 0 Å². The van der Waals surface area contributed by atoms with E-state index in [9.17, 15) is 0 Å². The van der Waals surface area contributed by atoms with E-state index in [1.165, 1.54) is 0 Å². The maximum absolute atomic E-state index is 6.14. The van der Waals surface area contributed by atoms with Gasteiger partial charge in [-0.2, -0.15) is 0 Å². The van der Waals surface area contributed by atoms with Crippen molar-refractivity contribution in [3.8, 4) is 11.4 Å². The first-order chi connectivity index (χ1) is 10.3. The first-order valence-electron chi connectivity index (χ1n) is 6.85. The molecule has 21 heavy (non-hydrogen) atoms. The van der Waals surface area contributed by atoms with Gasteiger partial charge in [-0.05, 0) is 13.0 Å². The van der Waals surface area contributed by atoms with Crippen molar-refractivity contribution in [3.05, 3.63) is 65.5 Å². The molecule has 0 fully saturated rings. The van der Waals surface area contributed by atoms with Gasteiger partial charge in [-0.1, -0.05) is 41.9 Å². The second-order valence-electron chi connectivity index (χ2n) is 4.68. The maximum atomic E-state index is 6.14. The largest absolute Gasteiger partial charge is 0.335 e. The molecule has 0 bridgehead atoms. The van der Waals surface area contributed by atoms with Crippen LogP contribution in [0.5, 0.6) is 0 Å². The fourth-order valence-electron chi connectivity index (χ4n) is 2.23. The number of halogens is 1. The molecular weight excluding hydrogens is 284 g/mol. The van der Waals surface area contributed by atoms with Gasteiger partial charge in [0.1, 0.15) is 11.0 Å². The highest BCUT2D eigenvalue weighted by molar-refractivity contribution is 6.29. The zero-order chi connectivity index (χ0) is 14.7. The minimum atomic E-state index is 0.452. The second kappa shape index (κ2) is 6.06. The zero-order valence-corrected chi connectivity index (χ0v) is 12.5. The molecule has 2 aromatic heterocycles. The van der Waals surface area contributed by atoms with Gasteiger partial charge in [-0.15, -0.1) is 0 Å². The van der Waals surface area contributed by atoms with E-state index in [4.69, 9.17) is 11.6 Å². The van der Waals surface area contributed by atoms with E-state index in [1.54, 1.807) is 12.3 Å². The van der Waals surface area contributed by atoms with Gasteiger partial charge >= 0.3 is 0 Å².